The molecule has 1 aliphatic rings. The van der Waals surface area contributed by atoms with Crippen molar-refractivity contribution in [1.29, 1.82) is 0 Å². The summed E-state index contributed by atoms with van der Waals surface area (Å²) in [4.78, 5) is 19.6. The van der Waals surface area contributed by atoms with E-state index in [1.54, 1.807) is 11.6 Å². The molecule has 4 rings (SSSR count). The van der Waals surface area contributed by atoms with Crippen LogP contribution in [0.3, 0.4) is 0 Å². The van der Waals surface area contributed by atoms with Crippen LogP contribution in [0.25, 0.3) is 10.9 Å². The average molecular weight is 323 g/mol. The predicted molar refractivity (Wildman–Crippen MR) is 92.8 cm³/mol. The van der Waals surface area contributed by atoms with E-state index in [2.05, 4.69) is 11.0 Å². The summed E-state index contributed by atoms with van der Waals surface area (Å²) in [5, 5.41) is 0.670. The van der Waals surface area contributed by atoms with Gasteiger partial charge in [-0.15, -0.1) is 0 Å². The van der Waals surface area contributed by atoms with Gasteiger partial charge in [0.2, 0.25) is 0 Å². The monoisotopic (exact) mass is 323 g/mol. The number of aryl methyl sites for hydroxylation is 1. The van der Waals surface area contributed by atoms with E-state index in [9.17, 15) is 4.79 Å². The van der Waals surface area contributed by atoms with Gasteiger partial charge in [-0.2, -0.15) is 0 Å². The van der Waals surface area contributed by atoms with Crippen LogP contribution in [-0.2, 0) is 13.6 Å². The van der Waals surface area contributed by atoms with Gasteiger partial charge in [0, 0.05) is 7.05 Å². The lowest BCUT2D eigenvalue weighted by Crippen LogP contribution is -2.29. The Labute approximate surface area is 140 Å². The second-order valence-electron chi connectivity index (χ2n) is 6.49. The largest absolute Gasteiger partial charge is 0.465 e. The van der Waals surface area contributed by atoms with Crippen LogP contribution < -0.4 is 5.56 Å². The molecule has 1 saturated heterocycles. The van der Waals surface area contributed by atoms with Gasteiger partial charge in [-0.25, -0.2) is 4.98 Å². The summed E-state index contributed by atoms with van der Waals surface area (Å²) in [7, 11) is 1.80. The van der Waals surface area contributed by atoms with Crippen molar-refractivity contribution in [2.24, 2.45) is 7.05 Å². The third-order valence-electron chi connectivity index (χ3n) is 4.87. The third-order valence-corrected chi connectivity index (χ3v) is 4.87. The fourth-order valence-corrected chi connectivity index (χ4v) is 3.56. The topological polar surface area (TPSA) is 51.3 Å². The van der Waals surface area contributed by atoms with E-state index < -0.39 is 0 Å². The second kappa shape index (κ2) is 5.91. The van der Waals surface area contributed by atoms with E-state index in [1.807, 2.05) is 37.3 Å². The molecule has 0 bridgehead atoms. The lowest BCUT2D eigenvalue weighted by molar-refractivity contribution is 0.211. The Kier molecular flexibility index (Phi) is 3.73. The smallest absolute Gasteiger partial charge is 0.261 e. The molecule has 3 aromatic rings. The number of hydrogen-bond acceptors (Lipinski definition) is 4. The van der Waals surface area contributed by atoms with Gasteiger partial charge in [0.1, 0.15) is 17.3 Å². The molecule has 0 aliphatic carbocycles. The van der Waals surface area contributed by atoms with Crippen molar-refractivity contribution >= 4 is 10.9 Å². The zero-order chi connectivity index (χ0) is 16.7. The molecule has 0 amide bonds. The Morgan fingerprint density at radius 1 is 1.25 bits per heavy atom. The SMILES string of the molecule is Cc1ccc([C@@H]2CCCN2Cc2nc3ccccc3c(=O)n2C)o1. The first kappa shape index (κ1) is 15.1. The van der Waals surface area contributed by atoms with Crippen LogP contribution in [0.1, 0.15) is 36.2 Å². The van der Waals surface area contributed by atoms with E-state index in [-0.39, 0.29) is 11.6 Å². The number of fused-ring (bicyclic) bond motifs is 1. The number of likely N-dealkylation sites (tertiary alicyclic amines) is 1. The quantitative estimate of drug-likeness (QED) is 0.743. The molecule has 0 N–H and O–H groups in total. The first-order valence-corrected chi connectivity index (χ1v) is 8.38. The zero-order valence-corrected chi connectivity index (χ0v) is 14.0. The lowest BCUT2D eigenvalue weighted by Gasteiger charge is -2.23. The summed E-state index contributed by atoms with van der Waals surface area (Å²) < 4.78 is 7.50. The van der Waals surface area contributed by atoms with Crippen molar-refractivity contribution in [2.45, 2.75) is 32.4 Å². The molecule has 0 unspecified atom stereocenters. The number of aromatic nitrogens is 2. The van der Waals surface area contributed by atoms with Crippen molar-refractivity contribution in [3.8, 4) is 0 Å². The van der Waals surface area contributed by atoms with E-state index in [0.717, 1.165) is 42.2 Å². The number of hydrogen-bond donors (Lipinski definition) is 0. The van der Waals surface area contributed by atoms with Gasteiger partial charge in [-0.05, 0) is 50.6 Å². The Morgan fingerprint density at radius 3 is 2.88 bits per heavy atom. The molecule has 1 aromatic carbocycles. The summed E-state index contributed by atoms with van der Waals surface area (Å²) in [5.74, 6) is 2.75. The van der Waals surface area contributed by atoms with E-state index in [1.165, 1.54) is 0 Å². The van der Waals surface area contributed by atoms with Crippen molar-refractivity contribution in [3.63, 3.8) is 0 Å². The minimum atomic E-state index is 0.0141. The Morgan fingerprint density at radius 2 is 2.08 bits per heavy atom. The van der Waals surface area contributed by atoms with E-state index >= 15 is 0 Å². The maximum absolute atomic E-state index is 12.6. The highest BCUT2D eigenvalue weighted by atomic mass is 16.3. The Hall–Kier alpha value is -2.40. The van der Waals surface area contributed by atoms with Crippen LogP contribution in [0.15, 0.2) is 45.6 Å². The molecule has 0 radical (unpaired) electrons. The number of nitrogens with zero attached hydrogens (tertiary/aromatic N) is 3. The fourth-order valence-electron chi connectivity index (χ4n) is 3.56. The summed E-state index contributed by atoms with van der Waals surface area (Å²) in [6.45, 7) is 3.62. The molecule has 1 fully saturated rings. The van der Waals surface area contributed by atoms with Gasteiger partial charge in [0.15, 0.2) is 0 Å². The summed E-state index contributed by atoms with van der Waals surface area (Å²) in [6, 6.07) is 11.9. The fraction of sp³-hybridized carbons (Fsp3) is 0.368. The molecule has 0 saturated carbocycles. The van der Waals surface area contributed by atoms with Crippen LogP contribution in [0.2, 0.25) is 0 Å². The number of furan rings is 1. The highest BCUT2D eigenvalue weighted by Crippen LogP contribution is 2.33. The standard InChI is InChI=1S/C19H21N3O2/c1-13-9-10-17(24-13)16-8-5-11-22(16)12-18-20-15-7-4-3-6-14(15)19(23)21(18)2/h3-4,6-7,9-10,16H,5,8,11-12H2,1-2H3/t16-/m0/s1. The van der Waals surface area contributed by atoms with E-state index in [4.69, 9.17) is 9.40 Å². The summed E-state index contributed by atoms with van der Waals surface area (Å²) in [6.07, 6.45) is 2.21. The molecule has 5 heteroatoms. The first-order chi connectivity index (χ1) is 11.6. The zero-order valence-electron chi connectivity index (χ0n) is 14.0. The Balaban J connectivity index is 1.68. The van der Waals surface area contributed by atoms with E-state index in [0.29, 0.717) is 11.9 Å². The van der Waals surface area contributed by atoms with Gasteiger partial charge in [-0.3, -0.25) is 14.3 Å². The van der Waals surface area contributed by atoms with Gasteiger partial charge in [0.25, 0.3) is 5.56 Å². The summed E-state index contributed by atoms with van der Waals surface area (Å²) >= 11 is 0. The first-order valence-electron chi connectivity index (χ1n) is 8.38. The van der Waals surface area contributed by atoms with Gasteiger partial charge >= 0.3 is 0 Å². The molecule has 2 aromatic heterocycles. The normalized spacial score (nSPS) is 18.5. The molecule has 1 aliphatic heterocycles. The molecule has 0 spiro atoms. The molecule has 1 atom stereocenters. The van der Waals surface area contributed by atoms with Gasteiger partial charge < -0.3 is 4.42 Å². The molecule has 24 heavy (non-hydrogen) atoms. The van der Waals surface area contributed by atoms with Crippen LogP contribution in [0.4, 0.5) is 0 Å². The Bertz CT molecular complexity index is 941. The van der Waals surface area contributed by atoms with Crippen LogP contribution in [0.5, 0.6) is 0 Å². The maximum atomic E-state index is 12.6. The van der Waals surface area contributed by atoms with Gasteiger partial charge in [-0.1, -0.05) is 12.1 Å². The van der Waals surface area contributed by atoms with Crippen LogP contribution in [-0.4, -0.2) is 21.0 Å². The highest BCUT2D eigenvalue weighted by Gasteiger charge is 2.29. The molecular weight excluding hydrogens is 302 g/mol. The molecule has 3 heterocycles. The van der Waals surface area contributed by atoms with Crippen molar-refractivity contribution in [3.05, 3.63) is 64.1 Å². The predicted octanol–water partition coefficient (Wildman–Crippen LogP) is 3.17. The average Bonchev–Trinajstić information content (AvgIpc) is 3.21. The number of benzene rings is 1. The maximum Gasteiger partial charge on any atom is 0.261 e. The number of rotatable bonds is 3. The molecule has 5 nitrogen and oxygen atoms in total. The molecule has 124 valence electrons. The van der Waals surface area contributed by atoms with Crippen molar-refractivity contribution in [1.82, 2.24) is 14.5 Å². The lowest BCUT2D eigenvalue weighted by atomic mass is 10.1. The van der Waals surface area contributed by atoms with Crippen molar-refractivity contribution < 1.29 is 4.42 Å². The third kappa shape index (κ3) is 2.55. The summed E-state index contributed by atoms with van der Waals surface area (Å²) in [5.41, 5.74) is 0.778. The highest BCUT2D eigenvalue weighted by molar-refractivity contribution is 5.77. The number of para-hydroxylation sites is 1. The molecular formula is C19H21N3O2. The van der Waals surface area contributed by atoms with Crippen LogP contribution in [0, 0.1) is 6.92 Å². The second-order valence-corrected chi connectivity index (χ2v) is 6.49. The van der Waals surface area contributed by atoms with Crippen molar-refractivity contribution in [2.75, 3.05) is 6.54 Å². The minimum Gasteiger partial charge on any atom is -0.465 e. The van der Waals surface area contributed by atoms with Gasteiger partial charge in [0.05, 0.1) is 23.5 Å². The minimum absolute atomic E-state index is 0.0141. The van der Waals surface area contributed by atoms with Crippen LogP contribution >= 0.6 is 0 Å².